The lowest BCUT2D eigenvalue weighted by Crippen LogP contribution is -2.45. The van der Waals surface area contributed by atoms with Gasteiger partial charge in [-0.2, -0.15) is 0 Å². The Morgan fingerprint density at radius 3 is 2.08 bits per heavy atom. The summed E-state index contributed by atoms with van der Waals surface area (Å²) in [5.41, 5.74) is 3.55. The van der Waals surface area contributed by atoms with Crippen molar-refractivity contribution >= 4 is 23.4 Å². The second-order valence-corrected chi connectivity index (χ2v) is 6.52. The molecule has 2 N–H and O–H groups in total. The van der Waals surface area contributed by atoms with Gasteiger partial charge in [0.1, 0.15) is 0 Å². The highest BCUT2D eigenvalue weighted by Crippen LogP contribution is 2.15. The molecule has 0 aliphatic carbocycles. The maximum Gasteiger partial charge on any atom is 0.323 e. The van der Waals surface area contributed by atoms with Gasteiger partial charge in [0, 0.05) is 31.9 Å². The predicted octanol–water partition coefficient (Wildman–Crippen LogP) is 2.49. The van der Waals surface area contributed by atoms with Crippen molar-refractivity contribution in [3.05, 3.63) is 41.7 Å². The molecule has 132 valence electrons. The van der Waals surface area contributed by atoms with Crippen LogP contribution >= 0.6 is 0 Å². The second kappa shape index (κ2) is 7.48. The summed E-state index contributed by atoms with van der Waals surface area (Å²) in [5, 5.41) is 5.60. The van der Waals surface area contributed by atoms with Crippen LogP contribution in [0.2, 0.25) is 0 Å². The fourth-order valence-corrected chi connectivity index (χ4v) is 2.90. The van der Waals surface area contributed by atoms with E-state index in [1.807, 2.05) is 26.0 Å². The monoisotopic (exact) mass is 340 g/mol. The standard InChI is InChI=1S/C18H24N6O/c1-13-8-14(2)10-15(9-13)21-18(25)22-16-11-19-17(20-12-16)24-6-4-23(3)5-7-24/h8-12H,4-7H2,1-3H3,(H2,21,22,25). The number of benzene rings is 1. The predicted molar refractivity (Wildman–Crippen MR) is 100 cm³/mol. The number of anilines is 3. The molecule has 1 aliphatic heterocycles. The van der Waals surface area contributed by atoms with Crippen LogP contribution in [0.4, 0.5) is 22.1 Å². The van der Waals surface area contributed by atoms with Crippen LogP contribution in [-0.4, -0.2) is 54.1 Å². The van der Waals surface area contributed by atoms with Crippen LogP contribution in [-0.2, 0) is 0 Å². The zero-order valence-corrected chi connectivity index (χ0v) is 14.9. The summed E-state index contributed by atoms with van der Waals surface area (Å²) in [5.74, 6) is 0.702. The molecule has 2 aromatic rings. The molecule has 0 bridgehead atoms. The van der Waals surface area contributed by atoms with Gasteiger partial charge in [0.05, 0.1) is 18.1 Å². The van der Waals surface area contributed by atoms with Gasteiger partial charge in [-0.15, -0.1) is 0 Å². The summed E-state index contributed by atoms with van der Waals surface area (Å²) < 4.78 is 0. The van der Waals surface area contributed by atoms with Gasteiger partial charge >= 0.3 is 6.03 Å². The largest absolute Gasteiger partial charge is 0.338 e. The average molecular weight is 340 g/mol. The van der Waals surface area contributed by atoms with Crippen LogP contribution < -0.4 is 15.5 Å². The number of rotatable bonds is 3. The van der Waals surface area contributed by atoms with Crippen molar-refractivity contribution < 1.29 is 4.79 Å². The number of likely N-dealkylation sites (N-methyl/N-ethyl adjacent to an activating group) is 1. The highest BCUT2D eigenvalue weighted by Gasteiger charge is 2.16. The molecule has 1 aromatic carbocycles. The van der Waals surface area contributed by atoms with Gasteiger partial charge < -0.3 is 20.4 Å². The van der Waals surface area contributed by atoms with Crippen molar-refractivity contribution in [1.82, 2.24) is 14.9 Å². The summed E-state index contributed by atoms with van der Waals surface area (Å²) >= 11 is 0. The quantitative estimate of drug-likeness (QED) is 0.898. The molecule has 7 heteroatoms. The number of aromatic nitrogens is 2. The van der Waals surface area contributed by atoms with E-state index >= 15 is 0 Å². The molecule has 1 saturated heterocycles. The molecule has 1 aromatic heterocycles. The Kier molecular flexibility index (Phi) is 5.14. The highest BCUT2D eigenvalue weighted by molar-refractivity contribution is 5.99. The third-order valence-electron chi connectivity index (χ3n) is 4.16. The number of aryl methyl sites for hydroxylation is 2. The van der Waals surface area contributed by atoms with E-state index in [0.29, 0.717) is 11.6 Å². The molecule has 2 amide bonds. The minimum Gasteiger partial charge on any atom is -0.338 e. The summed E-state index contributed by atoms with van der Waals surface area (Å²) in [7, 11) is 2.11. The van der Waals surface area contributed by atoms with Crippen molar-refractivity contribution in [2.75, 3.05) is 48.8 Å². The van der Waals surface area contributed by atoms with Gasteiger partial charge in [-0.05, 0) is 44.2 Å². The van der Waals surface area contributed by atoms with Crippen molar-refractivity contribution in [3.8, 4) is 0 Å². The number of carbonyl (C=O) groups excluding carboxylic acids is 1. The van der Waals surface area contributed by atoms with E-state index in [1.54, 1.807) is 12.4 Å². The SMILES string of the molecule is Cc1cc(C)cc(NC(=O)Nc2cnc(N3CCN(C)CC3)nc2)c1. The van der Waals surface area contributed by atoms with Gasteiger partial charge in [0.15, 0.2) is 0 Å². The Labute approximate surface area is 148 Å². The molecule has 2 heterocycles. The first-order valence-corrected chi connectivity index (χ1v) is 8.41. The molecule has 0 radical (unpaired) electrons. The molecular formula is C18H24N6O. The van der Waals surface area contributed by atoms with E-state index in [4.69, 9.17) is 0 Å². The number of hydrogen-bond donors (Lipinski definition) is 2. The molecule has 1 aliphatic rings. The average Bonchev–Trinajstić information content (AvgIpc) is 2.55. The van der Waals surface area contributed by atoms with E-state index in [0.717, 1.165) is 43.0 Å². The van der Waals surface area contributed by atoms with Crippen molar-refractivity contribution in [2.45, 2.75) is 13.8 Å². The zero-order chi connectivity index (χ0) is 17.8. The number of nitrogens with zero attached hydrogens (tertiary/aromatic N) is 4. The smallest absolute Gasteiger partial charge is 0.323 e. The molecule has 0 spiro atoms. The van der Waals surface area contributed by atoms with E-state index in [-0.39, 0.29) is 6.03 Å². The number of amides is 2. The maximum atomic E-state index is 12.1. The Morgan fingerprint density at radius 2 is 1.48 bits per heavy atom. The molecule has 25 heavy (non-hydrogen) atoms. The topological polar surface area (TPSA) is 73.4 Å². The van der Waals surface area contributed by atoms with Gasteiger partial charge in [0.25, 0.3) is 0 Å². The Hall–Kier alpha value is -2.67. The van der Waals surface area contributed by atoms with E-state index in [2.05, 4.69) is 43.5 Å². The lowest BCUT2D eigenvalue weighted by molar-refractivity contribution is 0.262. The minimum atomic E-state index is -0.305. The molecule has 0 atom stereocenters. The fraction of sp³-hybridized carbons (Fsp3) is 0.389. The Bertz CT molecular complexity index is 717. The number of carbonyl (C=O) groups is 1. The molecule has 1 fully saturated rings. The first-order chi connectivity index (χ1) is 12.0. The number of urea groups is 1. The van der Waals surface area contributed by atoms with Crippen LogP contribution in [0.1, 0.15) is 11.1 Å². The Morgan fingerprint density at radius 1 is 0.920 bits per heavy atom. The Balaban J connectivity index is 1.58. The van der Waals surface area contributed by atoms with Crippen LogP contribution in [0.25, 0.3) is 0 Å². The molecular weight excluding hydrogens is 316 g/mol. The van der Waals surface area contributed by atoms with Crippen molar-refractivity contribution in [3.63, 3.8) is 0 Å². The van der Waals surface area contributed by atoms with Gasteiger partial charge in [-0.3, -0.25) is 0 Å². The summed E-state index contributed by atoms with van der Waals surface area (Å²) in [6.07, 6.45) is 3.28. The van der Waals surface area contributed by atoms with Crippen molar-refractivity contribution in [1.29, 1.82) is 0 Å². The molecule has 7 nitrogen and oxygen atoms in total. The van der Waals surface area contributed by atoms with Gasteiger partial charge in [-0.25, -0.2) is 14.8 Å². The third kappa shape index (κ3) is 4.67. The maximum absolute atomic E-state index is 12.1. The van der Waals surface area contributed by atoms with Crippen molar-refractivity contribution in [2.24, 2.45) is 0 Å². The van der Waals surface area contributed by atoms with Crippen LogP contribution in [0.5, 0.6) is 0 Å². The molecule has 0 unspecified atom stereocenters. The number of piperazine rings is 1. The normalized spacial score (nSPS) is 15.1. The van der Waals surface area contributed by atoms with E-state index < -0.39 is 0 Å². The summed E-state index contributed by atoms with van der Waals surface area (Å²) in [6.45, 7) is 7.83. The van der Waals surface area contributed by atoms with Crippen LogP contribution in [0.15, 0.2) is 30.6 Å². The summed E-state index contributed by atoms with van der Waals surface area (Å²) in [4.78, 5) is 25.3. The second-order valence-electron chi connectivity index (χ2n) is 6.52. The molecule has 3 rings (SSSR count). The first-order valence-electron chi connectivity index (χ1n) is 8.41. The molecule has 0 saturated carbocycles. The van der Waals surface area contributed by atoms with E-state index in [9.17, 15) is 4.79 Å². The van der Waals surface area contributed by atoms with Crippen LogP contribution in [0.3, 0.4) is 0 Å². The third-order valence-corrected chi connectivity index (χ3v) is 4.16. The number of hydrogen-bond acceptors (Lipinski definition) is 5. The number of nitrogens with one attached hydrogen (secondary N) is 2. The lowest BCUT2D eigenvalue weighted by atomic mass is 10.1. The lowest BCUT2D eigenvalue weighted by Gasteiger charge is -2.32. The minimum absolute atomic E-state index is 0.305. The van der Waals surface area contributed by atoms with Gasteiger partial charge in [0.2, 0.25) is 5.95 Å². The fourth-order valence-electron chi connectivity index (χ4n) is 2.90. The van der Waals surface area contributed by atoms with Gasteiger partial charge in [-0.1, -0.05) is 6.07 Å². The first kappa shape index (κ1) is 17.2. The van der Waals surface area contributed by atoms with Crippen LogP contribution in [0, 0.1) is 13.8 Å². The summed E-state index contributed by atoms with van der Waals surface area (Å²) in [6, 6.07) is 5.62. The zero-order valence-electron chi connectivity index (χ0n) is 14.9. The van der Waals surface area contributed by atoms with E-state index in [1.165, 1.54) is 0 Å². The highest BCUT2D eigenvalue weighted by atomic mass is 16.2.